The number of aromatic amines is 1. The summed E-state index contributed by atoms with van der Waals surface area (Å²) in [5.74, 6) is 0.347. The zero-order chi connectivity index (χ0) is 18.1. The van der Waals surface area contributed by atoms with Gasteiger partial charge in [-0.05, 0) is 50.8 Å². The van der Waals surface area contributed by atoms with Crippen LogP contribution in [-0.2, 0) is 6.54 Å². The molecule has 2 aromatic heterocycles. The summed E-state index contributed by atoms with van der Waals surface area (Å²) in [5.41, 5.74) is 1.14. The van der Waals surface area contributed by atoms with Crippen molar-refractivity contribution in [2.24, 2.45) is 0 Å². The van der Waals surface area contributed by atoms with Crippen molar-refractivity contribution in [3.05, 3.63) is 55.4 Å². The van der Waals surface area contributed by atoms with Gasteiger partial charge in [-0.1, -0.05) is 15.9 Å². The van der Waals surface area contributed by atoms with Gasteiger partial charge in [0.15, 0.2) is 0 Å². The molecule has 0 aliphatic heterocycles. The Bertz CT molecular complexity index is 992. The number of halogens is 1. The van der Waals surface area contributed by atoms with Crippen molar-refractivity contribution in [2.45, 2.75) is 13.5 Å². The summed E-state index contributed by atoms with van der Waals surface area (Å²) in [6, 6.07) is 7.33. The maximum absolute atomic E-state index is 12.6. The molecule has 8 heteroatoms. The third-order valence-corrected chi connectivity index (χ3v) is 5.34. The van der Waals surface area contributed by atoms with E-state index in [-0.39, 0.29) is 11.5 Å². The van der Waals surface area contributed by atoms with E-state index in [9.17, 15) is 9.59 Å². The number of H-pyrrole nitrogens is 1. The van der Waals surface area contributed by atoms with E-state index in [0.717, 1.165) is 4.47 Å². The van der Waals surface area contributed by atoms with Gasteiger partial charge in [0.25, 0.3) is 11.5 Å². The first-order valence-electron chi connectivity index (χ1n) is 7.59. The van der Waals surface area contributed by atoms with E-state index in [1.807, 2.05) is 43.3 Å². The predicted octanol–water partition coefficient (Wildman–Crippen LogP) is 3.37. The number of carbonyl (C=O) groups excluding carboxylic acids is 1. The Balaban J connectivity index is 1.97. The molecule has 0 atom stereocenters. The second-order valence-electron chi connectivity index (χ2n) is 5.95. The highest BCUT2D eigenvalue weighted by Crippen LogP contribution is 2.28. The number of nitrogens with zero attached hydrogens (tertiary/aromatic N) is 2. The zero-order valence-corrected chi connectivity index (χ0v) is 16.4. The summed E-state index contributed by atoms with van der Waals surface area (Å²) in [6.45, 7) is 2.31. The molecule has 130 valence electrons. The molecule has 1 amide bonds. The van der Waals surface area contributed by atoms with E-state index in [1.54, 1.807) is 6.92 Å². The second kappa shape index (κ2) is 7.07. The van der Waals surface area contributed by atoms with Crippen LogP contribution in [0.2, 0.25) is 0 Å². The Morgan fingerprint density at radius 1 is 1.32 bits per heavy atom. The number of carbonyl (C=O) groups is 1. The minimum absolute atomic E-state index is 0.210. The van der Waals surface area contributed by atoms with Gasteiger partial charge in [0.2, 0.25) is 0 Å². The van der Waals surface area contributed by atoms with Crippen molar-refractivity contribution in [3.8, 4) is 0 Å². The van der Waals surface area contributed by atoms with Crippen LogP contribution in [0.1, 0.15) is 21.1 Å². The Labute approximate surface area is 157 Å². The topological polar surface area (TPSA) is 78.1 Å². The Morgan fingerprint density at radius 3 is 2.64 bits per heavy atom. The number of benzene rings is 1. The molecule has 2 N–H and O–H groups in total. The monoisotopic (exact) mass is 420 g/mol. The Morgan fingerprint density at radius 2 is 2.00 bits per heavy atom. The van der Waals surface area contributed by atoms with Crippen molar-refractivity contribution in [2.75, 3.05) is 19.4 Å². The lowest BCUT2D eigenvalue weighted by Gasteiger charge is -2.07. The minimum atomic E-state index is -0.239. The number of hydrogen-bond acceptors (Lipinski definition) is 5. The molecule has 0 aliphatic carbocycles. The molecular formula is C17H17BrN4O2S. The first kappa shape index (κ1) is 17.8. The maximum Gasteiger partial charge on any atom is 0.266 e. The van der Waals surface area contributed by atoms with E-state index in [4.69, 9.17) is 0 Å². The van der Waals surface area contributed by atoms with E-state index in [2.05, 4.69) is 31.2 Å². The maximum atomic E-state index is 12.6. The molecule has 6 nitrogen and oxygen atoms in total. The lowest BCUT2D eigenvalue weighted by atomic mass is 10.2. The van der Waals surface area contributed by atoms with Gasteiger partial charge in [0.1, 0.15) is 10.7 Å². The summed E-state index contributed by atoms with van der Waals surface area (Å²) in [6.07, 6.45) is 0. The van der Waals surface area contributed by atoms with Crippen LogP contribution in [-0.4, -0.2) is 34.9 Å². The number of thiophene rings is 1. The molecule has 3 rings (SSSR count). The summed E-state index contributed by atoms with van der Waals surface area (Å²) in [7, 11) is 3.81. The third kappa shape index (κ3) is 3.81. The van der Waals surface area contributed by atoms with Crippen molar-refractivity contribution in [3.63, 3.8) is 0 Å². The average Bonchev–Trinajstić information content (AvgIpc) is 2.86. The highest BCUT2D eigenvalue weighted by Gasteiger charge is 2.19. The van der Waals surface area contributed by atoms with Crippen molar-refractivity contribution in [1.82, 2.24) is 14.9 Å². The van der Waals surface area contributed by atoms with Gasteiger partial charge in [-0.25, -0.2) is 4.98 Å². The largest absolute Gasteiger partial charge is 0.321 e. The van der Waals surface area contributed by atoms with Gasteiger partial charge in [-0.2, -0.15) is 0 Å². The van der Waals surface area contributed by atoms with Gasteiger partial charge in [-0.15, -0.1) is 11.3 Å². The normalized spacial score (nSPS) is 11.2. The molecule has 1 aromatic carbocycles. The number of hydrogen-bond donors (Lipinski definition) is 2. The van der Waals surface area contributed by atoms with Crippen molar-refractivity contribution >= 4 is 49.1 Å². The van der Waals surface area contributed by atoms with Crippen molar-refractivity contribution in [1.29, 1.82) is 0 Å². The number of amides is 1. The summed E-state index contributed by atoms with van der Waals surface area (Å²) < 4.78 is 0.938. The molecule has 3 aromatic rings. The van der Waals surface area contributed by atoms with E-state index in [0.29, 0.717) is 38.7 Å². The lowest BCUT2D eigenvalue weighted by molar-refractivity contribution is 0.103. The molecule has 0 saturated carbocycles. The first-order valence-corrected chi connectivity index (χ1v) is 9.20. The van der Waals surface area contributed by atoms with Gasteiger partial charge >= 0.3 is 0 Å². The number of nitrogens with one attached hydrogen (secondary N) is 2. The van der Waals surface area contributed by atoms with Crippen LogP contribution in [0.25, 0.3) is 10.2 Å². The number of anilines is 1. The summed E-state index contributed by atoms with van der Waals surface area (Å²) in [4.78, 5) is 35.3. The van der Waals surface area contributed by atoms with Gasteiger partial charge in [0, 0.05) is 10.2 Å². The highest BCUT2D eigenvalue weighted by atomic mass is 79.9. The molecule has 0 fully saturated rings. The molecule has 2 heterocycles. The zero-order valence-electron chi connectivity index (χ0n) is 14.0. The van der Waals surface area contributed by atoms with E-state index < -0.39 is 0 Å². The van der Waals surface area contributed by atoms with Crippen LogP contribution >= 0.6 is 27.3 Å². The fourth-order valence-electron chi connectivity index (χ4n) is 2.50. The summed E-state index contributed by atoms with van der Waals surface area (Å²) in [5, 5.41) is 3.34. The Kier molecular flexibility index (Phi) is 5.03. The first-order chi connectivity index (χ1) is 11.8. The predicted molar refractivity (Wildman–Crippen MR) is 104 cm³/mol. The molecule has 25 heavy (non-hydrogen) atoms. The SMILES string of the molecule is Cc1c(C(=O)Nc2ccc(Br)cc2)sc2nc(CN(C)C)[nH]c(=O)c12. The highest BCUT2D eigenvalue weighted by molar-refractivity contribution is 9.10. The number of aromatic nitrogens is 2. The molecule has 0 spiro atoms. The third-order valence-electron chi connectivity index (χ3n) is 3.62. The van der Waals surface area contributed by atoms with E-state index >= 15 is 0 Å². The number of fused-ring (bicyclic) bond motifs is 1. The molecule has 0 bridgehead atoms. The van der Waals surface area contributed by atoms with Gasteiger partial charge in [-0.3, -0.25) is 9.59 Å². The number of aryl methyl sites for hydroxylation is 1. The van der Waals surface area contributed by atoms with E-state index in [1.165, 1.54) is 11.3 Å². The quantitative estimate of drug-likeness (QED) is 0.677. The van der Waals surface area contributed by atoms with Gasteiger partial charge < -0.3 is 15.2 Å². The van der Waals surface area contributed by atoms with Gasteiger partial charge in [0.05, 0.1) is 16.8 Å². The average molecular weight is 421 g/mol. The molecular weight excluding hydrogens is 404 g/mol. The minimum Gasteiger partial charge on any atom is -0.321 e. The fraction of sp³-hybridized carbons (Fsp3) is 0.235. The molecule has 0 unspecified atom stereocenters. The summed E-state index contributed by atoms with van der Waals surface area (Å²) >= 11 is 4.60. The smallest absolute Gasteiger partial charge is 0.266 e. The van der Waals surface area contributed by atoms with Crippen LogP contribution < -0.4 is 10.9 Å². The van der Waals surface area contributed by atoms with Crippen LogP contribution in [0.3, 0.4) is 0 Å². The van der Waals surface area contributed by atoms with Crippen LogP contribution in [0.5, 0.6) is 0 Å². The molecule has 0 aliphatic rings. The number of rotatable bonds is 4. The molecule has 0 radical (unpaired) electrons. The second-order valence-corrected chi connectivity index (χ2v) is 7.86. The standard InChI is InChI=1S/C17H17BrN4O2S/c1-9-13-15(23)20-12(8-22(2)3)21-17(13)25-14(9)16(24)19-11-6-4-10(18)5-7-11/h4-7H,8H2,1-3H3,(H,19,24)(H,20,21,23). The van der Waals surface area contributed by atoms with Crippen LogP contribution in [0.4, 0.5) is 5.69 Å². The Hall–Kier alpha value is -2.03. The van der Waals surface area contributed by atoms with Crippen LogP contribution in [0, 0.1) is 6.92 Å². The fourth-order valence-corrected chi connectivity index (χ4v) is 3.86. The molecule has 0 saturated heterocycles. The van der Waals surface area contributed by atoms with Crippen LogP contribution in [0.15, 0.2) is 33.5 Å². The lowest BCUT2D eigenvalue weighted by Crippen LogP contribution is -2.18. The van der Waals surface area contributed by atoms with Crippen molar-refractivity contribution < 1.29 is 4.79 Å².